The number of hydrogen-bond acceptors (Lipinski definition) is 4. The predicted octanol–water partition coefficient (Wildman–Crippen LogP) is 6.83. The molecule has 0 amide bonds. The third-order valence-electron chi connectivity index (χ3n) is 6.58. The van der Waals surface area contributed by atoms with E-state index in [0.29, 0.717) is 18.1 Å². The molecule has 0 unspecified atom stereocenters. The van der Waals surface area contributed by atoms with Crippen LogP contribution in [0.5, 0.6) is 11.5 Å². The van der Waals surface area contributed by atoms with E-state index in [1.165, 1.54) is 6.08 Å². The first kappa shape index (κ1) is 24.7. The molecule has 1 aliphatic carbocycles. The zero-order valence-electron chi connectivity index (χ0n) is 20.3. The molecule has 1 N–H and O–H groups in total. The third kappa shape index (κ3) is 5.98. The largest absolute Gasteiger partial charge is 0.497 e. The molecule has 0 spiro atoms. The monoisotopic (exact) mass is 491 g/mol. The van der Waals surface area contributed by atoms with Crippen LogP contribution in [-0.4, -0.2) is 25.3 Å². The van der Waals surface area contributed by atoms with Crippen LogP contribution in [0.15, 0.2) is 72.8 Å². The Morgan fingerprint density at radius 1 is 0.943 bits per heavy atom. The van der Waals surface area contributed by atoms with Gasteiger partial charge < -0.3 is 19.5 Å². The van der Waals surface area contributed by atoms with E-state index in [1.54, 1.807) is 14.2 Å². The van der Waals surface area contributed by atoms with Crippen LogP contribution in [0.3, 0.4) is 0 Å². The Hall–Kier alpha value is -3.44. The summed E-state index contributed by atoms with van der Waals surface area (Å²) in [5.74, 6) is 0.672. The van der Waals surface area contributed by atoms with Gasteiger partial charge in [-0.1, -0.05) is 48.9 Å². The maximum absolute atomic E-state index is 11.6. The summed E-state index contributed by atoms with van der Waals surface area (Å²) in [6.45, 7) is 3.35. The Morgan fingerprint density at radius 3 is 1.89 bits per heavy atom. The van der Waals surface area contributed by atoms with Crippen molar-refractivity contribution >= 4 is 28.8 Å². The molecule has 182 valence electrons. The molecule has 1 aliphatic rings. The van der Waals surface area contributed by atoms with Crippen molar-refractivity contribution in [2.24, 2.45) is 5.41 Å². The zero-order valence-corrected chi connectivity index (χ0v) is 21.0. The van der Waals surface area contributed by atoms with Gasteiger partial charge in [0.15, 0.2) is 0 Å². The zero-order chi connectivity index (χ0) is 25.0. The van der Waals surface area contributed by atoms with E-state index in [-0.39, 0.29) is 5.41 Å². The predicted molar refractivity (Wildman–Crippen MR) is 140 cm³/mol. The van der Waals surface area contributed by atoms with Gasteiger partial charge in [0.1, 0.15) is 11.5 Å². The van der Waals surface area contributed by atoms with Crippen LogP contribution in [0, 0.1) is 5.41 Å². The molecule has 35 heavy (non-hydrogen) atoms. The normalized spacial score (nSPS) is 14.3. The Bertz CT molecular complexity index is 1160. The molecule has 0 atom stereocenters. The third-order valence-corrected chi connectivity index (χ3v) is 6.90. The number of benzene rings is 3. The number of ether oxygens (including phenoxy) is 2. The van der Waals surface area contributed by atoms with Crippen LogP contribution in [0.4, 0.5) is 5.69 Å². The van der Waals surface area contributed by atoms with Crippen molar-refractivity contribution in [3.05, 3.63) is 94.5 Å². The highest BCUT2D eigenvalue weighted by Crippen LogP contribution is 2.55. The smallest absolute Gasteiger partial charge is 0.328 e. The van der Waals surface area contributed by atoms with E-state index >= 15 is 0 Å². The number of aliphatic carboxylic acids is 1. The van der Waals surface area contributed by atoms with E-state index in [0.717, 1.165) is 52.3 Å². The summed E-state index contributed by atoms with van der Waals surface area (Å²) >= 11 is 6.74. The number of carboxylic acids is 1. The fourth-order valence-corrected chi connectivity index (χ4v) is 4.47. The van der Waals surface area contributed by atoms with Crippen molar-refractivity contribution in [1.82, 2.24) is 0 Å². The van der Waals surface area contributed by atoms with E-state index in [4.69, 9.17) is 21.1 Å². The van der Waals surface area contributed by atoms with Gasteiger partial charge in [0.25, 0.3) is 0 Å². The van der Waals surface area contributed by atoms with Crippen LogP contribution < -0.4 is 14.4 Å². The number of allylic oxidation sites excluding steroid dienone is 1. The van der Waals surface area contributed by atoms with Gasteiger partial charge >= 0.3 is 5.97 Å². The highest BCUT2D eigenvalue weighted by atomic mass is 35.5. The van der Waals surface area contributed by atoms with Crippen LogP contribution >= 0.6 is 11.6 Å². The molecule has 1 fully saturated rings. The van der Waals surface area contributed by atoms with Gasteiger partial charge in [-0.05, 0) is 76.9 Å². The van der Waals surface area contributed by atoms with Crippen LogP contribution in [0.2, 0.25) is 5.02 Å². The lowest BCUT2D eigenvalue weighted by Crippen LogP contribution is -2.22. The summed E-state index contributed by atoms with van der Waals surface area (Å²) in [5.41, 5.74) is 4.70. The minimum absolute atomic E-state index is 0.111. The molecule has 0 aliphatic heterocycles. The molecule has 5 nitrogen and oxygen atoms in total. The topological polar surface area (TPSA) is 59.0 Å². The summed E-state index contributed by atoms with van der Waals surface area (Å²) < 4.78 is 10.6. The standard InChI is InChI=1S/C29H30ClNO4/c1-29(14-15-29)25(17-28(32)33)22-8-13-26(30)27(16-22)31(18-20-4-9-23(34-2)10-5-20)19-21-6-11-24(35-3)12-7-21/h4-13,16-17H,14-15,18-19H2,1-3H3,(H,32,33)/b25-17-. The van der Waals surface area contributed by atoms with Gasteiger partial charge in [0.05, 0.1) is 24.9 Å². The molecular formula is C29H30ClNO4. The van der Waals surface area contributed by atoms with Crippen molar-refractivity contribution < 1.29 is 19.4 Å². The summed E-state index contributed by atoms with van der Waals surface area (Å²) in [7, 11) is 3.30. The number of anilines is 1. The second kappa shape index (κ2) is 10.4. The number of carbonyl (C=O) groups is 1. The minimum Gasteiger partial charge on any atom is -0.497 e. The summed E-state index contributed by atoms with van der Waals surface area (Å²) in [6, 6.07) is 21.7. The summed E-state index contributed by atoms with van der Waals surface area (Å²) in [4.78, 5) is 13.8. The highest BCUT2D eigenvalue weighted by Gasteiger charge is 2.42. The number of carboxylic acid groups (broad SMARTS) is 1. The lowest BCUT2D eigenvalue weighted by atomic mass is 9.90. The van der Waals surface area contributed by atoms with Gasteiger partial charge in [0, 0.05) is 19.2 Å². The molecular weight excluding hydrogens is 462 g/mol. The number of rotatable bonds is 10. The van der Waals surface area contributed by atoms with Gasteiger partial charge in [-0.15, -0.1) is 0 Å². The maximum atomic E-state index is 11.6. The summed E-state index contributed by atoms with van der Waals surface area (Å²) in [6.07, 6.45) is 3.30. The molecule has 0 radical (unpaired) electrons. The molecule has 0 bridgehead atoms. The average Bonchev–Trinajstić information content (AvgIpc) is 3.61. The van der Waals surface area contributed by atoms with Crippen LogP contribution in [0.1, 0.15) is 36.5 Å². The molecule has 6 heteroatoms. The van der Waals surface area contributed by atoms with E-state index < -0.39 is 5.97 Å². The van der Waals surface area contributed by atoms with Gasteiger partial charge in [-0.25, -0.2) is 4.79 Å². The quantitative estimate of drug-likeness (QED) is 0.315. The van der Waals surface area contributed by atoms with Crippen LogP contribution in [0.25, 0.3) is 5.57 Å². The number of halogens is 1. The van der Waals surface area contributed by atoms with Gasteiger partial charge in [-0.2, -0.15) is 0 Å². The lowest BCUT2D eigenvalue weighted by Gasteiger charge is -2.28. The lowest BCUT2D eigenvalue weighted by molar-refractivity contribution is -0.131. The van der Waals surface area contributed by atoms with Gasteiger partial charge in [0.2, 0.25) is 0 Å². The average molecular weight is 492 g/mol. The molecule has 0 saturated heterocycles. The molecule has 1 saturated carbocycles. The first-order chi connectivity index (χ1) is 16.8. The van der Waals surface area contributed by atoms with Gasteiger partial charge in [-0.3, -0.25) is 0 Å². The molecule has 4 rings (SSSR count). The second-order valence-electron chi connectivity index (χ2n) is 9.18. The van der Waals surface area contributed by atoms with E-state index in [2.05, 4.69) is 11.8 Å². The van der Waals surface area contributed by atoms with E-state index in [1.807, 2.05) is 66.7 Å². The van der Waals surface area contributed by atoms with E-state index in [9.17, 15) is 9.90 Å². The fraction of sp³-hybridized carbons (Fsp3) is 0.276. The summed E-state index contributed by atoms with van der Waals surface area (Å²) in [5, 5.41) is 10.1. The number of nitrogens with zero attached hydrogens (tertiary/aromatic N) is 1. The van der Waals surface area contributed by atoms with Crippen molar-refractivity contribution in [2.75, 3.05) is 19.1 Å². The maximum Gasteiger partial charge on any atom is 0.328 e. The second-order valence-corrected chi connectivity index (χ2v) is 9.58. The number of hydrogen-bond donors (Lipinski definition) is 1. The van der Waals surface area contributed by atoms with Crippen molar-refractivity contribution in [1.29, 1.82) is 0 Å². The molecule has 3 aromatic rings. The Kier molecular flexibility index (Phi) is 7.37. The fourth-order valence-electron chi connectivity index (χ4n) is 4.24. The van der Waals surface area contributed by atoms with Crippen molar-refractivity contribution in [3.63, 3.8) is 0 Å². The van der Waals surface area contributed by atoms with Crippen molar-refractivity contribution in [3.8, 4) is 11.5 Å². The molecule has 0 heterocycles. The Morgan fingerprint density at radius 2 is 1.46 bits per heavy atom. The van der Waals surface area contributed by atoms with Crippen molar-refractivity contribution in [2.45, 2.75) is 32.9 Å². The van der Waals surface area contributed by atoms with Crippen LogP contribution in [-0.2, 0) is 17.9 Å². The number of methoxy groups -OCH3 is 2. The highest BCUT2D eigenvalue weighted by molar-refractivity contribution is 6.33. The molecule has 3 aromatic carbocycles. The Balaban J connectivity index is 1.73. The first-order valence-corrected chi connectivity index (χ1v) is 11.9. The minimum atomic E-state index is -0.932. The SMILES string of the molecule is COc1ccc(CN(Cc2ccc(OC)cc2)c2cc(/C(=C/C(=O)O)C3(C)CC3)ccc2Cl)cc1. The Labute approximate surface area is 211 Å². The first-order valence-electron chi connectivity index (χ1n) is 11.6. The molecule has 0 aromatic heterocycles.